The monoisotopic (exact) mass is 628 g/mol. The van der Waals surface area contributed by atoms with Gasteiger partial charge in [0.1, 0.15) is 5.75 Å². The van der Waals surface area contributed by atoms with E-state index >= 15 is 0 Å². The van der Waals surface area contributed by atoms with Crippen molar-refractivity contribution in [1.82, 2.24) is 9.78 Å². The Morgan fingerprint density at radius 1 is 1.13 bits per heavy atom. The molecule has 0 atom stereocenters. The van der Waals surface area contributed by atoms with Gasteiger partial charge < -0.3 is 10.1 Å². The van der Waals surface area contributed by atoms with Crippen LogP contribution in [0, 0.1) is 0 Å². The predicted octanol–water partition coefficient (Wildman–Crippen LogP) is 6.23. The molecule has 0 spiro atoms. The number of nitrogens with one attached hydrogen (secondary N) is 1. The van der Waals surface area contributed by atoms with Crippen LogP contribution in [-0.4, -0.2) is 30.7 Å². The first-order valence-electron chi connectivity index (χ1n) is 12.3. The van der Waals surface area contributed by atoms with Gasteiger partial charge in [0.2, 0.25) is 10.0 Å². The Morgan fingerprint density at radius 2 is 1.82 bits per heavy atom. The lowest BCUT2D eigenvalue weighted by Gasteiger charge is -2.24. The number of ether oxygens (including phenoxy) is 1. The van der Waals surface area contributed by atoms with Gasteiger partial charge in [0.25, 0.3) is 5.91 Å². The van der Waals surface area contributed by atoms with Crippen molar-refractivity contribution in [1.29, 1.82) is 0 Å². The van der Waals surface area contributed by atoms with Crippen LogP contribution in [0.3, 0.4) is 0 Å². The zero-order valence-corrected chi connectivity index (χ0v) is 25.4. The molecular formula is C28H29BrN4O4S2. The number of sulfonamides is 1. The molecule has 0 radical (unpaired) electrons. The lowest BCUT2D eigenvalue weighted by molar-refractivity contribution is 0.102. The van der Waals surface area contributed by atoms with Crippen LogP contribution in [0.25, 0.3) is 16.3 Å². The van der Waals surface area contributed by atoms with E-state index in [2.05, 4.69) is 61.0 Å². The van der Waals surface area contributed by atoms with Gasteiger partial charge in [-0.15, -0.1) is 11.3 Å². The topological polar surface area (TPSA) is 116 Å². The fraction of sp³-hybridized carbons (Fsp3) is 0.286. The molecule has 2 aromatic heterocycles. The number of benzene rings is 2. The minimum absolute atomic E-state index is 0.00467. The van der Waals surface area contributed by atoms with Crippen molar-refractivity contribution in [3.63, 3.8) is 0 Å². The number of rotatable bonds is 5. The average molecular weight is 630 g/mol. The molecule has 204 valence electrons. The molecule has 1 amide bonds. The third-order valence-electron chi connectivity index (χ3n) is 6.64. The Balaban J connectivity index is 1.55. The lowest BCUT2D eigenvalue weighted by atomic mass is 9.80. The van der Waals surface area contributed by atoms with Crippen molar-refractivity contribution < 1.29 is 17.9 Å². The molecule has 8 nitrogen and oxygen atoms in total. The maximum Gasteiger partial charge on any atom is 0.276 e. The summed E-state index contributed by atoms with van der Waals surface area (Å²) in [6.45, 7) is 11.2. The number of hydrogen-bond acceptors (Lipinski definition) is 6. The summed E-state index contributed by atoms with van der Waals surface area (Å²) in [4.78, 5) is 14.4. The molecule has 0 fully saturated rings. The quantitative estimate of drug-likeness (QED) is 0.272. The number of nitrogens with zero attached hydrogens (tertiary/aromatic N) is 2. The smallest absolute Gasteiger partial charge is 0.276 e. The standard InChI is InChI=1S/C28H29BrN4O4S2/c1-27(2,3)19-12-16(13-20-25(19)37-15-28(20,4)5)31-26(34)21-14-22(23-10-11-24(29)38-23)33(32-21)17-6-8-18(9-7-17)39(30,35)36/h6-14H,15H2,1-5H3,(H,31,34)(H2,30,35,36). The van der Waals surface area contributed by atoms with Crippen LogP contribution in [0.4, 0.5) is 5.69 Å². The summed E-state index contributed by atoms with van der Waals surface area (Å²) in [6, 6.07) is 15.6. The van der Waals surface area contributed by atoms with Crippen molar-refractivity contribution in [2.45, 2.75) is 50.3 Å². The molecule has 0 saturated heterocycles. The van der Waals surface area contributed by atoms with E-state index in [0.29, 0.717) is 23.7 Å². The highest BCUT2D eigenvalue weighted by Gasteiger charge is 2.36. The number of halogens is 1. The average Bonchev–Trinajstić information content (AvgIpc) is 3.55. The first-order valence-corrected chi connectivity index (χ1v) is 15.4. The SMILES string of the molecule is CC(C)(C)c1cc(NC(=O)c2cc(-c3ccc(Br)s3)n(-c3ccc(S(N)(=O)=O)cc3)n2)cc2c1OCC2(C)C. The number of nitrogens with two attached hydrogens (primary N) is 1. The molecule has 0 bridgehead atoms. The fourth-order valence-corrected chi connectivity index (χ4v) is 6.44. The molecule has 3 N–H and O–H groups in total. The molecule has 1 aliphatic rings. The highest BCUT2D eigenvalue weighted by Crippen LogP contribution is 2.46. The van der Waals surface area contributed by atoms with Crippen LogP contribution in [-0.2, 0) is 20.9 Å². The Hall–Kier alpha value is -2.99. The van der Waals surface area contributed by atoms with Crippen LogP contribution in [0.15, 0.2) is 63.3 Å². The number of primary sulfonamides is 1. The van der Waals surface area contributed by atoms with E-state index in [1.807, 2.05) is 24.3 Å². The first-order chi connectivity index (χ1) is 18.1. The molecule has 0 unspecified atom stereocenters. The van der Waals surface area contributed by atoms with E-state index in [9.17, 15) is 13.2 Å². The maximum atomic E-state index is 13.5. The third kappa shape index (κ3) is 5.41. The van der Waals surface area contributed by atoms with Crippen molar-refractivity contribution in [3.8, 4) is 22.0 Å². The van der Waals surface area contributed by atoms with E-state index in [-0.39, 0.29) is 27.3 Å². The minimum Gasteiger partial charge on any atom is -0.492 e. The second kappa shape index (κ2) is 9.58. The lowest BCUT2D eigenvalue weighted by Crippen LogP contribution is -2.19. The van der Waals surface area contributed by atoms with Gasteiger partial charge in [-0.25, -0.2) is 18.2 Å². The molecule has 11 heteroatoms. The van der Waals surface area contributed by atoms with Gasteiger partial charge in [-0.05, 0) is 75.9 Å². The summed E-state index contributed by atoms with van der Waals surface area (Å²) in [5.41, 5.74) is 3.91. The number of thiophene rings is 1. The fourth-order valence-electron chi connectivity index (χ4n) is 4.54. The highest BCUT2D eigenvalue weighted by molar-refractivity contribution is 9.11. The molecule has 4 aromatic rings. The molecule has 1 aliphatic heterocycles. The second-order valence-electron chi connectivity index (χ2n) is 11.2. The largest absolute Gasteiger partial charge is 0.492 e. The number of carbonyl (C=O) groups is 1. The molecule has 3 heterocycles. The number of fused-ring (bicyclic) bond motifs is 1. The van der Waals surface area contributed by atoms with E-state index in [4.69, 9.17) is 9.88 Å². The third-order valence-corrected chi connectivity index (χ3v) is 9.21. The summed E-state index contributed by atoms with van der Waals surface area (Å²) in [7, 11) is -3.84. The zero-order valence-electron chi connectivity index (χ0n) is 22.2. The number of hydrogen-bond donors (Lipinski definition) is 2. The van der Waals surface area contributed by atoms with Crippen LogP contribution in [0.5, 0.6) is 5.75 Å². The molecule has 39 heavy (non-hydrogen) atoms. The highest BCUT2D eigenvalue weighted by atomic mass is 79.9. The van der Waals surface area contributed by atoms with E-state index in [0.717, 1.165) is 25.5 Å². The van der Waals surface area contributed by atoms with Crippen LogP contribution in [0.2, 0.25) is 0 Å². The molecule has 2 aromatic carbocycles. The Kier molecular flexibility index (Phi) is 6.77. The normalized spacial score (nSPS) is 14.6. The van der Waals surface area contributed by atoms with E-state index in [1.165, 1.54) is 23.5 Å². The number of anilines is 1. The predicted molar refractivity (Wildman–Crippen MR) is 158 cm³/mol. The van der Waals surface area contributed by atoms with Gasteiger partial charge in [-0.2, -0.15) is 5.10 Å². The van der Waals surface area contributed by atoms with Gasteiger partial charge >= 0.3 is 0 Å². The second-order valence-corrected chi connectivity index (χ2v) is 15.3. The van der Waals surface area contributed by atoms with Crippen LogP contribution in [0.1, 0.15) is 56.2 Å². The zero-order chi connectivity index (χ0) is 28.3. The van der Waals surface area contributed by atoms with Crippen molar-refractivity contribution in [2.75, 3.05) is 11.9 Å². The van der Waals surface area contributed by atoms with E-state index in [1.54, 1.807) is 22.9 Å². The Morgan fingerprint density at radius 3 is 2.41 bits per heavy atom. The van der Waals surface area contributed by atoms with Crippen molar-refractivity contribution in [3.05, 3.63) is 75.2 Å². The molecule has 5 rings (SSSR count). The molecule has 0 saturated carbocycles. The van der Waals surface area contributed by atoms with Gasteiger partial charge in [0, 0.05) is 22.2 Å². The van der Waals surface area contributed by atoms with Gasteiger partial charge in [-0.3, -0.25) is 4.79 Å². The molecule has 0 aliphatic carbocycles. The van der Waals surface area contributed by atoms with E-state index < -0.39 is 10.0 Å². The minimum atomic E-state index is -3.84. The number of carbonyl (C=O) groups excluding carboxylic acids is 1. The summed E-state index contributed by atoms with van der Waals surface area (Å²) in [5, 5.41) is 12.9. The van der Waals surface area contributed by atoms with Crippen molar-refractivity contribution in [2.24, 2.45) is 5.14 Å². The summed E-state index contributed by atoms with van der Waals surface area (Å²) >= 11 is 4.99. The maximum absolute atomic E-state index is 13.5. The van der Waals surface area contributed by atoms with Gasteiger partial charge in [-0.1, -0.05) is 34.6 Å². The van der Waals surface area contributed by atoms with Gasteiger partial charge in [0.15, 0.2) is 5.69 Å². The Labute approximate surface area is 240 Å². The number of amides is 1. The summed E-state index contributed by atoms with van der Waals surface area (Å²) in [6.07, 6.45) is 0. The van der Waals surface area contributed by atoms with Crippen LogP contribution < -0.4 is 15.2 Å². The van der Waals surface area contributed by atoms with Crippen molar-refractivity contribution >= 4 is 48.9 Å². The van der Waals surface area contributed by atoms with Gasteiger partial charge in [0.05, 0.1) is 31.5 Å². The van der Waals surface area contributed by atoms with Crippen LogP contribution >= 0.6 is 27.3 Å². The summed E-state index contributed by atoms with van der Waals surface area (Å²) < 4.78 is 32.1. The number of aromatic nitrogens is 2. The summed E-state index contributed by atoms with van der Waals surface area (Å²) in [5.74, 6) is 0.534. The first kappa shape index (κ1) is 27.6. The molecular weight excluding hydrogens is 600 g/mol. The Bertz CT molecular complexity index is 1700.